The smallest absolute Gasteiger partial charge is 0.240 e. The molecule has 2 rings (SSSR count). The zero-order valence-electron chi connectivity index (χ0n) is 12.7. The summed E-state index contributed by atoms with van der Waals surface area (Å²) in [5.74, 6) is -0.415. The van der Waals surface area contributed by atoms with Crippen LogP contribution >= 0.6 is 12.4 Å². The molecule has 8 heteroatoms. The van der Waals surface area contributed by atoms with Crippen LogP contribution < -0.4 is 10.0 Å². The normalized spacial score (nSPS) is 21.6. The highest BCUT2D eigenvalue weighted by Crippen LogP contribution is 2.20. The predicted octanol–water partition coefficient (Wildman–Crippen LogP) is 1.60. The van der Waals surface area contributed by atoms with Crippen LogP contribution in [0.1, 0.15) is 18.4 Å². The lowest BCUT2D eigenvalue weighted by Gasteiger charge is -2.28. The summed E-state index contributed by atoms with van der Waals surface area (Å²) >= 11 is 0. The number of nitrogens with one attached hydrogen (secondary N) is 2. The van der Waals surface area contributed by atoms with Crippen LogP contribution in [0.15, 0.2) is 23.1 Å². The van der Waals surface area contributed by atoms with Gasteiger partial charge in [0.2, 0.25) is 10.0 Å². The number of hydrogen-bond acceptors (Lipinski definition) is 4. The molecular weight excluding hydrogens is 331 g/mol. The lowest BCUT2D eigenvalue weighted by atomic mass is 9.99. The van der Waals surface area contributed by atoms with Gasteiger partial charge in [0.15, 0.2) is 0 Å². The molecule has 0 radical (unpaired) electrons. The maximum Gasteiger partial charge on any atom is 0.240 e. The second-order valence-electron chi connectivity index (χ2n) is 5.48. The third kappa shape index (κ3) is 4.39. The first-order valence-electron chi connectivity index (χ1n) is 6.88. The van der Waals surface area contributed by atoms with Gasteiger partial charge in [-0.15, -0.1) is 12.4 Å². The number of sulfonamides is 1. The van der Waals surface area contributed by atoms with E-state index < -0.39 is 15.8 Å². The number of methoxy groups -OCH3 is 1. The van der Waals surface area contributed by atoms with Crippen LogP contribution in [0.4, 0.5) is 4.39 Å². The second-order valence-corrected chi connectivity index (χ2v) is 7.25. The van der Waals surface area contributed by atoms with Crippen molar-refractivity contribution in [3.05, 3.63) is 29.6 Å². The van der Waals surface area contributed by atoms with Gasteiger partial charge in [0, 0.05) is 13.7 Å². The number of benzene rings is 1. The average molecular weight is 353 g/mol. The lowest BCUT2D eigenvalue weighted by Crippen LogP contribution is -2.52. The number of halogens is 2. The zero-order chi connectivity index (χ0) is 15.5. The number of rotatable bonds is 6. The molecule has 0 bridgehead atoms. The molecular formula is C14H22ClFN2O3S. The molecule has 1 fully saturated rings. The first-order valence-corrected chi connectivity index (χ1v) is 8.37. The molecule has 0 aliphatic carbocycles. The monoisotopic (exact) mass is 352 g/mol. The van der Waals surface area contributed by atoms with E-state index >= 15 is 0 Å². The van der Waals surface area contributed by atoms with Gasteiger partial charge in [-0.2, -0.15) is 0 Å². The van der Waals surface area contributed by atoms with Crippen LogP contribution in [0.3, 0.4) is 0 Å². The molecule has 1 unspecified atom stereocenters. The van der Waals surface area contributed by atoms with Crippen molar-refractivity contribution in [3.63, 3.8) is 0 Å². The Hall–Kier alpha value is -0.730. The van der Waals surface area contributed by atoms with Crippen LogP contribution in [-0.4, -0.2) is 40.8 Å². The summed E-state index contributed by atoms with van der Waals surface area (Å²) in [6.45, 7) is 3.08. The van der Waals surface area contributed by atoms with Gasteiger partial charge in [0.25, 0.3) is 0 Å². The minimum atomic E-state index is -3.66. The van der Waals surface area contributed by atoms with Gasteiger partial charge >= 0.3 is 0 Å². The van der Waals surface area contributed by atoms with Crippen molar-refractivity contribution in [1.82, 2.24) is 10.0 Å². The Morgan fingerprint density at radius 1 is 1.45 bits per heavy atom. The molecule has 0 spiro atoms. The van der Waals surface area contributed by atoms with Gasteiger partial charge in [-0.25, -0.2) is 17.5 Å². The highest BCUT2D eigenvalue weighted by molar-refractivity contribution is 7.89. The molecule has 1 heterocycles. The second kappa shape index (κ2) is 7.70. The van der Waals surface area contributed by atoms with Gasteiger partial charge in [-0.1, -0.05) is 0 Å². The largest absolute Gasteiger partial charge is 0.383 e. The molecule has 1 aromatic carbocycles. The van der Waals surface area contributed by atoms with Gasteiger partial charge in [-0.3, -0.25) is 0 Å². The average Bonchev–Trinajstić information content (AvgIpc) is 2.89. The van der Waals surface area contributed by atoms with E-state index in [4.69, 9.17) is 4.74 Å². The fourth-order valence-corrected chi connectivity index (χ4v) is 3.78. The van der Waals surface area contributed by atoms with Crippen molar-refractivity contribution < 1.29 is 17.5 Å². The Morgan fingerprint density at radius 3 is 2.73 bits per heavy atom. The van der Waals surface area contributed by atoms with Gasteiger partial charge < -0.3 is 10.1 Å². The number of ether oxygens (including phenoxy) is 1. The zero-order valence-corrected chi connectivity index (χ0v) is 14.3. The van der Waals surface area contributed by atoms with Crippen LogP contribution in [0, 0.1) is 12.7 Å². The lowest BCUT2D eigenvalue weighted by molar-refractivity contribution is 0.122. The Labute approximate surface area is 137 Å². The molecule has 1 aromatic rings. The Balaban J connectivity index is 0.00000242. The molecule has 126 valence electrons. The summed E-state index contributed by atoms with van der Waals surface area (Å²) in [7, 11) is -2.06. The standard InChI is InChI=1S/C14H21FN2O3S.ClH/c1-11-8-12(4-5-13(11)15)21(18,19)17-9-14(10-20-2)6-3-7-16-14;/h4-5,8,16-17H,3,6-7,9-10H2,1-2H3;1H. The van der Waals surface area contributed by atoms with Crippen molar-refractivity contribution in [2.24, 2.45) is 0 Å². The van der Waals surface area contributed by atoms with Gasteiger partial charge in [0.1, 0.15) is 5.82 Å². The van der Waals surface area contributed by atoms with E-state index in [-0.39, 0.29) is 29.4 Å². The van der Waals surface area contributed by atoms with Crippen LogP contribution in [0.2, 0.25) is 0 Å². The van der Waals surface area contributed by atoms with Crippen molar-refractivity contribution in [3.8, 4) is 0 Å². The fraction of sp³-hybridized carbons (Fsp3) is 0.571. The third-order valence-corrected chi connectivity index (χ3v) is 5.19. The van der Waals surface area contributed by atoms with E-state index in [2.05, 4.69) is 10.0 Å². The molecule has 5 nitrogen and oxygen atoms in total. The van der Waals surface area contributed by atoms with Crippen molar-refractivity contribution >= 4 is 22.4 Å². The molecule has 1 aliphatic rings. The van der Waals surface area contributed by atoms with Crippen LogP contribution in [0.5, 0.6) is 0 Å². The van der Waals surface area contributed by atoms with Crippen molar-refractivity contribution in [2.75, 3.05) is 26.8 Å². The van der Waals surface area contributed by atoms with Crippen molar-refractivity contribution in [1.29, 1.82) is 0 Å². The number of aryl methyl sites for hydroxylation is 1. The molecule has 0 amide bonds. The van der Waals surface area contributed by atoms with E-state index in [9.17, 15) is 12.8 Å². The maximum atomic E-state index is 13.2. The van der Waals surface area contributed by atoms with E-state index in [1.165, 1.54) is 18.2 Å². The highest BCUT2D eigenvalue weighted by atomic mass is 35.5. The quantitative estimate of drug-likeness (QED) is 0.816. The first kappa shape index (κ1) is 19.3. The molecule has 0 aromatic heterocycles. The summed E-state index contributed by atoms with van der Waals surface area (Å²) in [6, 6.07) is 3.78. The van der Waals surface area contributed by atoms with Crippen LogP contribution in [-0.2, 0) is 14.8 Å². The Morgan fingerprint density at radius 2 is 2.18 bits per heavy atom. The Bertz CT molecular complexity index is 604. The summed E-state index contributed by atoms with van der Waals surface area (Å²) in [6.07, 6.45) is 1.84. The molecule has 22 heavy (non-hydrogen) atoms. The molecule has 1 aliphatic heterocycles. The summed E-state index contributed by atoms with van der Waals surface area (Å²) in [4.78, 5) is 0.0759. The van der Waals surface area contributed by atoms with Crippen LogP contribution in [0.25, 0.3) is 0 Å². The first-order chi connectivity index (χ1) is 9.88. The topological polar surface area (TPSA) is 67.4 Å². The SMILES string of the molecule is COCC1(CNS(=O)(=O)c2ccc(F)c(C)c2)CCCN1.Cl. The summed E-state index contributed by atoms with van der Waals surface area (Å²) in [5, 5.41) is 3.30. The number of hydrogen-bond donors (Lipinski definition) is 2. The van der Waals surface area contributed by atoms with E-state index in [1.54, 1.807) is 14.0 Å². The minimum Gasteiger partial charge on any atom is -0.383 e. The maximum absolute atomic E-state index is 13.2. The minimum absolute atomic E-state index is 0. The van der Waals surface area contributed by atoms with E-state index in [0.29, 0.717) is 12.2 Å². The van der Waals surface area contributed by atoms with E-state index in [0.717, 1.165) is 19.4 Å². The van der Waals surface area contributed by atoms with Gasteiger partial charge in [-0.05, 0) is 50.1 Å². The van der Waals surface area contributed by atoms with E-state index in [1.807, 2.05) is 0 Å². The summed E-state index contributed by atoms with van der Waals surface area (Å²) < 4.78 is 45.6. The Kier molecular flexibility index (Phi) is 6.76. The molecule has 1 saturated heterocycles. The van der Waals surface area contributed by atoms with Crippen molar-refractivity contribution in [2.45, 2.75) is 30.2 Å². The highest BCUT2D eigenvalue weighted by Gasteiger charge is 2.34. The molecule has 0 saturated carbocycles. The predicted molar refractivity (Wildman–Crippen MR) is 85.4 cm³/mol. The molecule has 2 N–H and O–H groups in total. The van der Waals surface area contributed by atoms with Gasteiger partial charge in [0.05, 0.1) is 17.0 Å². The molecule has 1 atom stereocenters. The summed E-state index contributed by atoms with van der Waals surface area (Å²) in [5.41, 5.74) is -0.0554. The fourth-order valence-electron chi connectivity index (χ4n) is 2.57. The third-order valence-electron chi connectivity index (χ3n) is 3.79.